The van der Waals surface area contributed by atoms with Gasteiger partial charge in [0, 0.05) is 25.2 Å². The second-order valence-electron chi connectivity index (χ2n) is 7.46. The molecule has 1 aliphatic carbocycles. The van der Waals surface area contributed by atoms with E-state index in [-0.39, 0.29) is 50.3 Å². The molecule has 0 saturated heterocycles. The highest BCUT2D eigenvalue weighted by Crippen LogP contribution is 2.31. The lowest BCUT2D eigenvalue weighted by Crippen LogP contribution is -2.31. The SMILES string of the molecule is CCC(=O)OCCC(O)C(O)CCOC1=CC2OC(=O)C(c3ccccc3)=CC2C=C1. The van der Waals surface area contributed by atoms with Gasteiger partial charge in [0.2, 0.25) is 0 Å². The zero-order valence-corrected chi connectivity index (χ0v) is 17.5. The Morgan fingerprint density at radius 3 is 2.52 bits per heavy atom. The number of carbonyl (C=O) groups is 2. The van der Waals surface area contributed by atoms with Gasteiger partial charge in [-0.15, -0.1) is 0 Å². The number of allylic oxidation sites excluding steroid dienone is 1. The molecule has 1 aromatic rings. The maximum Gasteiger partial charge on any atom is 0.339 e. The summed E-state index contributed by atoms with van der Waals surface area (Å²) in [6, 6.07) is 9.39. The molecule has 4 unspecified atom stereocenters. The summed E-state index contributed by atoms with van der Waals surface area (Å²) in [5.41, 5.74) is 1.37. The fourth-order valence-corrected chi connectivity index (χ4v) is 3.36. The van der Waals surface area contributed by atoms with Gasteiger partial charge in [-0.3, -0.25) is 4.79 Å². The molecule has 3 rings (SSSR count). The van der Waals surface area contributed by atoms with E-state index in [1.165, 1.54) is 0 Å². The van der Waals surface area contributed by atoms with Crippen LogP contribution in [0, 0.1) is 5.92 Å². The van der Waals surface area contributed by atoms with Crippen LogP contribution in [0.4, 0.5) is 0 Å². The van der Waals surface area contributed by atoms with Crippen LogP contribution in [0.3, 0.4) is 0 Å². The number of hydrogen-bond donors (Lipinski definition) is 2. The summed E-state index contributed by atoms with van der Waals surface area (Å²) in [5, 5.41) is 20.0. The first kappa shape index (κ1) is 22.8. The average Bonchev–Trinajstić information content (AvgIpc) is 2.78. The number of aliphatic hydroxyl groups is 2. The molecule has 166 valence electrons. The van der Waals surface area contributed by atoms with Crippen LogP contribution in [-0.4, -0.2) is 53.7 Å². The van der Waals surface area contributed by atoms with E-state index < -0.39 is 18.3 Å². The van der Waals surface area contributed by atoms with Crippen molar-refractivity contribution in [1.29, 1.82) is 0 Å². The van der Waals surface area contributed by atoms with Gasteiger partial charge in [0.05, 0.1) is 31.0 Å². The predicted molar refractivity (Wildman–Crippen MR) is 113 cm³/mol. The number of fused-ring (bicyclic) bond motifs is 1. The molecule has 2 N–H and O–H groups in total. The van der Waals surface area contributed by atoms with Crippen molar-refractivity contribution in [3.8, 4) is 0 Å². The maximum atomic E-state index is 12.4. The third-order valence-corrected chi connectivity index (χ3v) is 5.19. The van der Waals surface area contributed by atoms with E-state index in [2.05, 4.69) is 0 Å². The predicted octanol–water partition coefficient (Wildman–Crippen LogP) is 2.54. The third kappa shape index (κ3) is 6.29. The quantitative estimate of drug-likeness (QED) is 0.552. The highest BCUT2D eigenvalue weighted by atomic mass is 16.5. The summed E-state index contributed by atoms with van der Waals surface area (Å²) in [6.45, 7) is 1.93. The molecular weight excluding hydrogens is 400 g/mol. The van der Waals surface area contributed by atoms with E-state index in [0.717, 1.165) is 5.56 Å². The lowest BCUT2D eigenvalue weighted by Gasteiger charge is -2.29. The van der Waals surface area contributed by atoms with Crippen molar-refractivity contribution in [2.75, 3.05) is 13.2 Å². The molecule has 7 heteroatoms. The van der Waals surface area contributed by atoms with Crippen molar-refractivity contribution in [2.45, 2.75) is 44.5 Å². The molecule has 0 saturated carbocycles. The zero-order chi connectivity index (χ0) is 22.2. The third-order valence-electron chi connectivity index (χ3n) is 5.19. The van der Waals surface area contributed by atoms with Crippen LogP contribution >= 0.6 is 0 Å². The number of carbonyl (C=O) groups excluding carboxylic acids is 2. The zero-order valence-electron chi connectivity index (χ0n) is 17.5. The molecule has 0 bridgehead atoms. The largest absolute Gasteiger partial charge is 0.494 e. The summed E-state index contributed by atoms with van der Waals surface area (Å²) >= 11 is 0. The number of esters is 2. The molecule has 0 aromatic heterocycles. The van der Waals surface area contributed by atoms with Crippen molar-refractivity contribution >= 4 is 17.5 Å². The first-order valence-corrected chi connectivity index (χ1v) is 10.5. The second kappa shape index (κ2) is 10.9. The van der Waals surface area contributed by atoms with Crippen molar-refractivity contribution in [3.05, 3.63) is 66.0 Å². The van der Waals surface area contributed by atoms with Gasteiger partial charge in [-0.05, 0) is 17.7 Å². The van der Waals surface area contributed by atoms with Gasteiger partial charge in [0.1, 0.15) is 11.9 Å². The topological polar surface area (TPSA) is 102 Å². The summed E-state index contributed by atoms with van der Waals surface area (Å²) in [6.07, 6.45) is 5.58. The Morgan fingerprint density at radius 2 is 1.81 bits per heavy atom. The average molecular weight is 428 g/mol. The van der Waals surface area contributed by atoms with Crippen molar-refractivity contribution in [2.24, 2.45) is 5.92 Å². The number of hydrogen-bond acceptors (Lipinski definition) is 7. The first-order chi connectivity index (χ1) is 15.0. The van der Waals surface area contributed by atoms with E-state index in [1.807, 2.05) is 48.6 Å². The van der Waals surface area contributed by atoms with Crippen LogP contribution in [0.15, 0.2) is 60.4 Å². The Morgan fingerprint density at radius 1 is 1.10 bits per heavy atom. The Bertz CT molecular complexity index is 856. The number of ether oxygens (including phenoxy) is 3. The highest BCUT2D eigenvalue weighted by Gasteiger charge is 2.31. The van der Waals surface area contributed by atoms with Crippen LogP contribution in [0.25, 0.3) is 5.57 Å². The molecule has 0 spiro atoms. The molecule has 1 heterocycles. The monoisotopic (exact) mass is 428 g/mol. The highest BCUT2D eigenvalue weighted by molar-refractivity contribution is 6.17. The standard InChI is InChI=1S/C24H28O7/c1-2-23(27)30-13-11-21(26)20(25)10-12-29-18-9-8-17-14-19(16-6-4-3-5-7-16)24(28)31-22(17)15-18/h3-9,14-15,17,20-22,25-26H,2,10-13H2,1H3. The minimum Gasteiger partial charge on any atom is -0.494 e. The fourth-order valence-electron chi connectivity index (χ4n) is 3.36. The molecule has 7 nitrogen and oxygen atoms in total. The Labute approximate surface area is 181 Å². The normalized spacial score (nSPS) is 21.8. The second-order valence-corrected chi connectivity index (χ2v) is 7.46. The van der Waals surface area contributed by atoms with Crippen LogP contribution in [0.2, 0.25) is 0 Å². The van der Waals surface area contributed by atoms with E-state index >= 15 is 0 Å². The molecule has 2 aliphatic rings. The minimum atomic E-state index is -1.01. The van der Waals surface area contributed by atoms with Crippen molar-refractivity contribution in [1.82, 2.24) is 0 Å². The summed E-state index contributed by atoms with van der Waals surface area (Å²) < 4.78 is 16.1. The molecule has 1 aliphatic heterocycles. The van der Waals surface area contributed by atoms with Gasteiger partial charge in [0.25, 0.3) is 0 Å². The lowest BCUT2D eigenvalue weighted by atomic mass is 9.90. The summed E-state index contributed by atoms with van der Waals surface area (Å²) in [5.74, 6) is -0.239. The molecular formula is C24H28O7. The Balaban J connectivity index is 1.46. The Kier molecular flexibility index (Phi) is 8.03. The molecule has 0 radical (unpaired) electrons. The van der Waals surface area contributed by atoms with Crippen LogP contribution < -0.4 is 0 Å². The summed E-state index contributed by atoms with van der Waals surface area (Å²) in [4.78, 5) is 23.5. The van der Waals surface area contributed by atoms with Crippen molar-refractivity contribution < 1.29 is 34.0 Å². The van der Waals surface area contributed by atoms with Gasteiger partial charge in [-0.25, -0.2) is 4.79 Å². The fraction of sp³-hybridized carbons (Fsp3) is 0.417. The van der Waals surface area contributed by atoms with Gasteiger partial charge in [-0.1, -0.05) is 49.4 Å². The minimum absolute atomic E-state index is 0.0621. The van der Waals surface area contributed by atoms with E-state index in [0.29, 0.717) is 11.3 Å². The molecule has 1 aromatic carbocycles. The van der Waals surface area contributed by atoms with Crippen molar-refractivity contribution in [3.63, 3.8) is 0 Å². The van der Waals surface area contributed by atoms with Crippen LogP contribution in [0.1, 0.15) is 31.7 Å². The molecule has 4 atom stereocenters. The van der Waals surface area contributed by atoms with E-state index in [4.69, 9.17) is 14.2 Å². The van der Waals surface area contributed by atoms with Gasteiger partial charge in [0.15, 0.2) is 0 Å². The number of aliphatic hydroxyl groups excluding tert-OH is 2. The van der Waals surface area contributed by atoms with E-state index in [9.17, 15) is 19.8 Å². The van der Waals surface area contributed by atoms with Gasteiger partial charge >= 0.3 is 11.9 Å². The molecule has 31 heavy (non-hydrogen) atoms. The Hall–Kier alpha value is -2.90. The lowest BCUT2D eigenvalue weighted by molar-refractivity contribution is -0.144. The van der Waals surface area contributed by atoms with Gasteiger partial charge < -0.3 is 24.4 Å². The smallest absolute Gasteiger partial charge is 0.339 e. The maximum absolute atomic E-state index is 12.4. The van der Waals surface area contributed by atoms with E-state index in [1.54, 1.807) is 13.0 Å². The number of benzene rings is 1. The van der Waals surface area contributed by atoms with Crippen LogP contribution in [-0.2, 0) is 23.8 Å². The van der Waals surface area contributed by atoms with Gasteiger partial charge in [-0.2, -0.15) is 0 Å². The summed E-state index contributed by atoms with van der Waals surface area (Å²) in [7, 11) is 0. The molecule has 0 amide bonds. The molecule has 0 fully saturated rings. The first-order valence-electron chi connectivity index (χ1n) is 10.5. The number of rotatable bonds is 10. The van der Waals surface area contributed by atoms with Crippen LogP contribution in [0.5, 0.6) is 0 Å².